The number of ether oxygens (including phenoxy) is 1. The molecular weight excluding hydrogens is 330 g/mol. The molecule has 0 amide bonds. The molecule has 0 saturated carbocycles. The fraction of sp³-hybridized carbons (Fsp3) is 0.417. The van der Waals surface area contributed by atoms with Crippen LogP contribution in [0.25, 0.3) is 0 Å². The van der Waals surface area contributed by atoms with E-state index < -0.39 is 33.4 Å². The fourth-order valence-electron chi connectivity index (χ4n) is 1.62. The standard InChI is InChI=1S/C12H13F4NO4S/c1-21-11(18)10(17-22(19,20)12(14,15)16)6-5-8-3-2-4-9(13)7-8/h2-4,7,10,17H,5-6H2,1H3/t10-/m0/s1. The van der Waals surface area contributed by atoms with Gasteiger partial charge in [0.2, 0.25) is 0 Å². The Hall–Kier alpha value is -1.68. The SMILES string of the molecule is COC(=O)[C@H](CCc1cccc(F)c1)NS(=O)(=O)C(F)(F)F. The molecule has 0 bridgehead atoms. The Morgan fingerprint density at radius 3 is 2.50 bits per heavy atom. The van der Waals surface area contributed by atoms with Gasteiger partial charge in [-0.15, -0.1) is 0 Å². The average molecular weight is 343 g/mol. The molecule has 10 heteroatoms. The van der Waals surface area contributed by atoms with Crippen molar-refractivity contribution >= 4 is 16.0 Å². The zero-order valence-corrected chi connectivity index (χ0v) is 12.2. The van der Waals surface area contributed by atoms with E-state index in [1.54, 1.807) is 0 Å². The number of benzene rings is 1. The normalized spacial score (nSPS) is 13.7. The van der Waals surface area contributed by atoms with E-state index in [0.29, 0.717) is 5.56 Å². The number of halogens is 4. The lowest BCUT2D eigenvalue weighted by molar-refractivity contribution is -0.142. The van der Waals surface area contributed by atoms with Gasteiger partial charge < -0.3 is 4.74 Å². The number of aryl methyl sites for hydroxylation is 1. The molecular formula is C12H13F4NO4S. The molecule has 0 spiro atoms. The maximum Gasteiger partial charge on any atom is 0.511 e. The maximum absolute atomic E-state index is 13.0. The van der Waals surface area contributed by atoms with Crippen molar-refractivity contribution in [2.24, 2.45) is 0 Å². The Morgan fingerprint density at radius 1 is 1.36 bits per heavy atom. The molecule has 0 fully saturated rings. The van der Waals surface area contributed by atoms with Crippen molar-refractivity contribution in [2.75, 3.05) is 7.11 Å². The molecule has 0 aliphatic heterocycles. The van der Waals surface area contributed by atoms with Crippen molar-refractivity contribution in [1.82, 2.24) is 4.72 Å². The number of alkyl halides is 3. The molecule has 1 aromatic carbocycles. The van der Waals surface area contributed by atoms with Crippen LogP contribution >= 0.6 is 0 Å². The number of esters is 1. The first-order valence-corrected chi connectivity index (χ1v) is 7.46. The number of carbonyl (C=O) groups is 1. The highest BCUT2D eigenvalue weighted by Crippen LogP contribution is 2.22. The maximum atomic E-state index is 13.0. The lowest BCUT2D eigenvalue weighted by atomic mass is 10.1. The molecule has 0 aliphatic carbocycles. The zero-order valence-electron chi connectivity index (χ0n) is 11.4. The molecule has 0 aromatic heterocycles. The first-order chi connectivity index (χ1) is 10.1. The molecule has 1 rings (SSSR count). The summed E-state index contributed by atoms with van der Waals surface area (Å²) in [6.07, 6.45) is -0.330. The highest BCUT2D eigenvalue weighted by molar-refractivity contribution is 7.90. The van der Waals surface area contributed by atoms with Gasteiger partial charge in [-0.3, -0.25) is 4.79 Å². The quantitative estimate of drug-likeness (QED) is 0.631. The molecule has 0 saturated heterocycles. The summed E-state index contributed by atoms with van der Waals surface area (Å²) in [5, 5.41) is 0. The number of hydrogen-bond acceptors (Lipinski definition) is 4. The van der Waals surface area contributed by atoms with Crippen molar-refractivity contribution < 1.29 is 35.5 Å². The second-order valence-electron chi connectivity index (χ2n) is 4.31. The summed E-state index contributed by atoms with van der Waals surface area (Å²) in [5.74, 6) is -1.72. The minimum absolute atomic E-state index is 0.0160. The number of methoxy groups -OCH3 is 1. The molecule has 0 heterocycles. The van der Waals surface area contributed by atoms with Gasteiger partial charge in [0.05, 0.1) is 7.11 Å². The van der Waals surface area contributed by atoms with E-state index in [2.05, 4.69) is 4.74 Å². The zero-order chi connectivity index (χ0) is 17.0. The summed E-state index contributed by atoms with van der Waals surface area (Å²) < 4.78 is 77.6. The van der Waals surface area contributed by atoms with Crippen LogP contribution < -0.4 is 4.72 Å². The van der Waals surface area contributed by atoms with Gasteiger partial charge in [0.1, 0.15) is 11.9 Å². The number of carbonyl (C=O) groups excluding carboxylic acids is 1. The Labute approximate surface area is 124 Å². The van der Waals surface area contributed by atoms with E-state index in [9.17, 15) is 30.8 Å². The second kappa shape index (κ2) is 7.05. The van der Waals surface area contributed by atoms with Gasteiger partial charge in [0, 0.05) is 0 Å². The first-order valence-electron chi connectivity index (χ1n) is 5.97. The van der Waals surface area contributed by atoms with Crippen LogP contribution in [0.15, 0.2) is 24.3 Å². The Bertz CT molecular complexity index is 630. The number of nitrogens with one attached hydrogen (secondary N) is 1. The molecule has 0 aliphatic rings. The minimum atomic E-state index is -5.69. The highest BCUT2D eigenvalue weighted by atomic mass is 32.2. The third kappa shape index (κ3) is 4.95. The van der Waals surface area contributed by atoms with E-state index in [4.69, 9.17) is 0 Å². The summed E-state index contributed by atoms with van der Waals surface area (Å²) in [4.78, 5) is 11.4. The van der Waals surface area contributed by atoms with Crippen LogP contribution in [0.2, 0.25) is 0 Å². The minimum Gasteiger partial charge on any atom is -0.468 e. The van der Waals surface area contributed by atoms with E-state index in [1.165, 1.54) is 22.9 Å². The average Bonchev–Trinajstić information content (AvgIpc) is 2.41. The number of rotatable bonds is 6. The van der Waals surface area contributed by atoms with Crippen molar-refractivity contribution in [3.8, 4) is 0 Å². The monoisotopic (exact) mass is 343 g/mol. The molecule has 1 N–H and O–H groups in total. The van der Waals surface area contributed by atoms with Crippen molar-refractivity contribution in [1.29, 1.82) is 0 Å². The second-order valence-corrected chi connectivity index (χ2v) is 6.02. The van der Waals surface area contributed by atoms with Gasteiger partial charge in [0.15, 0.2) is 0 Å². The molecule has 0 radical (unpaired) electrons. The summed E-state index contributed by atoms with van der Waals surface area (Å²) >= 11 is 0. The van der Waals surface area contributed by atoms with Crippen LogP contribution in [0.5, 0.6) is 0 Å². The lowest BCUT2D eigenvalue weighted by Gasteiger charge is -2.17. The van der Waals surface area contributed by atoms with E-state index in [0.717, 1.165) is 13.2 Å². The van der Waals surface area contributed by atoms with Crippen LogP contribution in [0, 0.1) is 5.82 Å². The van der Waals surface area contributed by atoms with Gasteiger partial charge in [-0.2, -0.15) is 17.9 Å². The van der Waals surface area contributed by atoms with Crippen LogP contribution in [0.1, 0.15) is 12.0 Å². The van der Waals surface area contributed by atoms with Gasteiger partial charge in [-0.25, -0.2) is 12.8 Å². The largest absolute Gasteiger partial charge is 0.511 e. The van der Waals surface area contributed by atoms with Crippen LogP contribution in [-0.2, 0) is 26.0 Å². The predicted octanol–water partition coefficient (Wildman–Crippen LogP) is 1.74. The summed E-state index contributed by atoms with van der Waals surface area (Å²) in [6, 6.07) is 3.47. The van der Waals surface area contributed by atoms with Crippen LogP contribution in [0.3, 0.4) is 0 Å². The van der Waals surface area contributed by atoms with E-state index >= 15 is 0 Å². The molecule has 5 nitrogen and oxygen atoms in total. The Balaban J connectivity index is 2.84. The summed E-state index contributed by atoms with van der Waals surface area (Å²) in [5.41, 5.74) is -5.14. The molecule has 22 heavy (non-hydrogen) atoms. The van der Waals surface area contributed by atoms with Crippen molar-refractivity contribution in [3.05, 3.63) is 35.6 Å². The first kappa shape index (κ1) is 18.4. The van der Waals surface area contributed by atoms with E-state index in [-0.39, 0.29) is 12.8 Å². The number of hydrogen-bond donors (Lipinski definition) is 1. The molecule has 1 aromatic rings. The fourth-order valence-corrected chi connectivity index (χ4v) is 2.35. The van der Waals surface area contributed by atoms with Gasteiger partial charge >= 0.3 is 21.5 Å². The molecule has 124 valence electrons. The third-order valence-electron chi connectivity index (χ3n) is 2.70. The summed E-state index contributed by atoms with van der Waals surface area (Å²) in [6.45, 7) is 0. The number of sulfonamides is 1. The third-order valence-corrected chi connectivity index (χ3v) is 3.90. The van der Waals surface area contributed by atoms with Gasteiger partial charge in [0.25, 0.3) is 0 Å². The van der Waals surface area contributed by atoms with Gasteiger partial charge in [-0.1, -0.05) is 12.1 Å². The van der Waals surface area contributed by atoms with Crippen LogP contribution in [0.4, 0.5) is 17.6 Å². The van der Waals surface area contributed by atoms with Crippen LogP contribution in [-0.4, -0.2) is 33.0 Å². The van der Waals surface area contributed by atoms with E-state index in [1.807, 2.05) is 0 Å². The Morgan fingerprint density at radius 2 is 2.00 bits per heavy atom. The lowest BCUT2D eigenvalue weighted by Crippen LogP contribution is -2.47. The van der Waals surface area contributed by atoms with Crippen molar-refractivity contribution in [3.63, 3.8) is 0 Å². The highest BCUT2D eigenvalue weighted by Gasteiger charge is 2.47. The smallest absolute Gasteiger partial charge is 0.468 e. The molecule has 1 atom stereocenters. The van der Waals surface area contributed by atoms with Gasteiger partial charge in [-0.05, 0) is 30.5 Å². The summed E-state index contributed by atoms with van der Waals surface area (Å²) in [7, 11) is -4.77. The predicted molar refractivity (Wildman–Crippen MR) is 68.6 cm³/mol. The van der Waals surface area contributed by atoms with Crippen molar-refractivity contribution in [2.45, 2.75) is 24.4 Å². The molecule has 0 unspecified atom stereocenters. The Kier molecular flexibility index (Phi) is 5.89. The topological polar surface area (TPSA) is 72.5 Å².